The van der Waals surface area contributed by atoms with E-state index in [2.05, 4.69) is 0 Å². The SMILES string of the molecule is CC(C)COC(=O)C(C)Sc1ccc(C(=O)C(C)C)cc1. The smallest absolute Gasteiger partial charge is 0.319 e. The molecular formula is C17H24O3S. The van der Waals surface area contributed by atoms with Crippen molar-refractivity contribution in [1.29, 1.82) is 0 Å². The van der Waals surface area contributed by atoms with E-state index in [0.717, 1.165) is 4.90 Å². The van der Waals surface area contributed by atoms with Crippen LogP contribution in [0.15, 0.2) is 29.2 Å². The molecule has 1 rings (SSSR count). The highest BCUT2D eigenvalue weighted by atomic mass is 32.2. The molecular weight excluding hydrogens is 284 g/mol. The molecule has 0 N–H and O–H groups in total. The first-order chi connectivity index (χ1) is 9.81. The number of carbonyl (C=O) groups excluding carboxylic acids is 2. The van der Waals surface area contributed by atoms with E-state index >= 15 is 0 Å². The lowest BCUT2D eigenvalue weighted by Gasteiger charge is -2.13. The van der Waals surface area contributed by atoms with Gasteiger partial charge in [-0.2, -0.15) is 0 Å². The Bertz CT molecular complexity index is 477. The largest absolute Gasteiger partial charge is 0.465 e. The summed E-state index contributed by atoms with van der Waals surface area (Å²) in [5.74, 6) is 0.271. The lowest BCUT2D eigenvalue weighted by molar-refractivity contribution is -0.143. The fourth-order valence-corrected chi connectivity index (χ4v) is 2.52. The van der Waals surface area contributed by atoms with E-state index in [1.165, 1.54) is 11.8 Å². The van der Waals surface area contributed by atoms with Gasteiger partial charge >= 0.3 is 5.97 Å². The normalized spacial score (nSPS) is 12.5. The Morgan fingerprint density at radius 3 is 2.10 bits per heavy atom. The van der Waals surface area contributed by atoms with Gasteiger partial charge in [0.2, 0.25) is 0 Å². The number of esters is 1. The van der Waals surface area contributed by atoms with Crippen LogP contribution in [-0.2, 0) is 9.53 Å². The summed E-state index contributed by atoms with van der Waals surface area (Å²) >= 11 is 1.45. The molecule has 1 aromatic rings. The van der Waals surface area contributed by atoms with Crippen LogP contribution in [0.1, 0.15) is 45.0 Å². The molecule has 21 heavy (non-hydrogen) atoms. The second-order valence-corrected chi connectivity index (χ2v) is 7.24. The molecule has 0 heterocycles. The molecule has 1 atom stereocenters. The van der Waals surface area contributed by atoms with Gasteiger partial charge in [0.15, 0.2) is 5.78 Å². The average molecular weight is 308 g/mol. The molecule has 116 valence electrons. The summed E-state index contributed by atoms with van der Waals surface area (Å²) in [6.07, 6.45) is 0. The van der Waals surface area contributed by atoms with Crippen molar-refractivity contribution in [1.82, 2.24) is 0 Å². The van der Waals surface area contributed by atoms with Crippen molar-refractivity contribution < 1.29 is 14.3 Å². The van der Waals surface area contributed by atoms with Crippen LogP contribution in [0.4, 0.5) is 0 Å². The molecule has 1 aromatic carbocycles. The first-order valence-corrected chi connectivity index (χ1v) is 8.16. The first kappa shape index (κ1) is 17.8. The van der Waals surface area contributed by atoms with Crippen LogP contribution in [0, 0.1) is 11.8 Å². The van der Waals surface area contributed by atoms with E-state index in [9.17, 15) is 9.59 Å². The predicted molar refractivity (Wildman–Crippen MR) is 86.7 cm³/mol. The lowest BCUT2D eigenvalue weighted by atomic mass is 10.0. The summed E-state index contributed by atoms with van der Waals surface area (Å²) in [5.41, 5.74) is 0.712. The number of ether oxygens (including phenoxy) is 1. The van der Waals surface area contributed by atoms with Gasteiger partial charge < -0.3 is 4.74 Å². The van der Waals surface area contributed by atoms with Crippen LogP contribution in [0.5, 0.6) is 0 Å². The summed E-state index contributed by atoms with van der Waals surface area (Å²) in [6, 6.07) is 7.40. The Labute approximate surface area is 131 Å². The zero-order valence-electron chi connectivity index (χ0n) is 13.4. The van der Waals surface area contributed by atoms with Gasteiger partial charge in [-0.1, -0.05) is 39.8 Å². The number of ketones is 1. The van der Waals surface area contributed by atoms with Gasteiger partial charge in [0.25, 0.3) is 0 Å². The Morgan fingerprint density at radius 1 is 1.05 bits per heavy atom. The predicted octanol–water partition coefficient (Wildman–Crippen LogP) is 4.21. The highest BCUT2D eigenvalue weighted by Gasteiger charge is 2.17. The van der Waals surface area contributed by atoms with Gasteiger partial charge in [-0.05, 0) is 25.0 Å². The Kier molecular flexibility index (Phi) is 6.96. The third kappa shape index (κ3) is 5.92. The number of hydrogen-bond donors (Lipinski definition) is 0. The molecule has 0 aliphatic carbocycles. The van der Waals surface area contributed by atoms with Crippen molar-refractivity contribution in [2.24, 2.45) is 11.8 Å². The van der Waals surface area contributed by atoms with Crippen molar-refractivity contribution in [3.05, 3.63) is 29.8 Å². The van der Waals surface area contributed by atoms with Gasteiger partial charge in [0.1, 0.15) is 5.25 Å². The molecule has 0 saturated heterocycles. The summed E-state index contributed by atoms with van der Waals surface area (Å²) in [7, 11) is 0. The van der Waals surface area contributed by atoms with Crippen LogP contribution in [0.2, 0.25) is 0 Å². The quantitative estimate of drug-likeness (QED) is 0.430. The minimum atomic E-state index is -0.254. The van der Waals surface area contributed by atoms with Crippen LogP contribution in [0.3, 0.4) is 0 Å². The Morgan fingerprint density at radius 2 is 1.62 bits per heavy atom. The van der Waals surface area contributed by atoms with Crippen LogP contribution in [0.25, 0.3) is 0 Å². The molecule has 1 unspecified atom stereocenters. The van der Waals surface area contributed by atoms with E-state index < -0.39 is 0 Å². The molecule has 4 heteroatoms. The standard InChI is InChI=1S/C17H24O3S/c1-11(2)10-20-17(19)13(5)21-15-8-6-14(7-9-15)16(18)12(3)4/h6-9,11-13H,10H2,1-5H3. The van der Waals surface area contributed by atoms with Gasteiger partial charge in [-0.15, -0.1) is 11.8 Å². The molecule has 0 aliphatic heterocycles. The van der Waals surface area contributed by atoms with E-state index in [0.29, 0.717) is 18.1 Å². The van der Waals surface area contributed by atoms with E-state index in [-0.39, 0.29) is 22.9 Å². The molecule has 3 nitrogen and oxygen atoms in total. The minimum absolute atomic E-state index is 0.00608. The Hall–Kier alpha value is -1.29. The first-order valence-electron chi connectivity index (χ1n) is 7.28. The zero-order chi connectivity index (χ0) is 16.0. The van der Waals surface area contributed by atoms with Crippen LogP contribution in [-0.4, -0.2) is 23.6 Å². The number of thioether (sulfide) groups is 1. The summed E-state index contributed by atoms with van der Waals surface area (Å²) in [5, 5.41) is -0.254. The fraction of sp³-hybridized carbons (Fsp3) is 0.529. The van der Waals surface area contributed by atoms with Crippen molar-refractivity contribution in [3.8, 4) is 0 Å². The summed E-state index contributed by atoms with van der Waals surface area (Å²) in [4.78, 5) is 24.6. The fourth-order valence-electron chi connectivity index (χ4n) is 1.65. The van der Waals surface area contributed by atoms with Gasteiger partial charge in [-0.3, -0.25) is 9.59 Å². The molecule has 0 bridgehead atoms. The molecule has 0 aromatic heterocycles. The van der Waals surface area contributed by atoms with E-state index in [1.54, 1.807) is 0 Å². The monoisotopic (exact) mass is 308 g/mol. The molecule has 0 spiro atoms. The van der Waals surface area contributed by atoms with Crippen LogP contribution < -0.4 is 0 Å². The van der Waals surface area contributed by atoms with Gasteiger partial charge in [0, 0.05) is 16.4 Å². The van der Waals surface area contributed by atoms with Crippen molar-refractivity contribution in [3.63, 3.8) is 0 Å². The lowest BCUT2D eigenvalue weighted by Crippen LogP contribution is -2.19. The van der Waals surface area contributed by atoms with Crippen molar-refractivity contribution >= 4 is 23.5 Å². The summed E-state index contributed by atoms with van der Waals surface area (Å²) in [6.45, 7) is 10.1. The van der Waals surface area contributed by atoms with Crippen molar-refractivity contribution in [2.75, 3.05) is 6.61 Å². The number of carbonyl (C=O) groups is 2. The Balaban J connectivity index is 2.59. The van der Waals surface area contributed by atoms with Crippen LogP contribution >= 0.6 is 11.8 Å². The van der Waals surface area contributed by atoms with E-state index in [1.807, 2.05) is 58.9 Å². The molecule has 0 amide bonds. The number of rotatable bonds is 7. The third-order valence-corrected chi connectivity index (χ3v) is 3.96. The maximum atomic E-state index is 11.9. The van der Waals surface area contributed by atoms with Gasteiger partial charge in [0.05, 0.1) is 6.61 Å². The topological polar surface area (TPSA) is 43.4 Å². The second kappa shape index (κ2) is 8.23. The third-order valence-electron chi connectivity index (χ3n) is 2.87. The molecule has 0 aliphatic rings. The van der Waals surface area contributed by atoms with Gasteiger partial charge in [-0.25, -0.2) is 0 Å². The molecule has 0 saturated carbocycles. The highest BCUT2D eigenvalue weighted by molar-refractivity contribution is 8.00. The number of benzene rings is 1. The maximum Gasteiger partial charge on any atom is 0.319 e. The second-order valence-electron chi connectivity index (χ2n) is 5.83. The minimum Gasteiger partial charge on any atom is -0.465 e. The molecule has 0 fully saturated rings. The summed E-state index contributed by atoms with van der Waals surface area (Å²) < 4.78 is 5.22. The number of Topliss-reactive ketones (excluding diaryl/α,β-unsaturated/α-hetero) is 1. The zero-order valence-corrected chi connectivity index (χ0v) is 14.2. The van der Waals surface area contributed by atoms with E-state index in [4.69, 9.17) is 4.74 Å². The maximum absolute atomic E-state index is 11.9. The average Bonchev–Trinajstić information content (AvgIpc) is 2.44. The number of hydrogen-bond acceptors (Lipinski definition) is 4. The molecule has 0 radical (unpaired) electrons. The van der Waals surface area contributed by atoms with Crippen molar-refractivity contribution in [2.45, 2.75) is 44.8 Å². The highest BCUT2D eigenvalue weighted by Crippen LogP contribution is 2.25.